The molecule has 4 rings (SSSR count). The van der Waals surface area contributed by atoms with Crippen molar-refractivity contribution in [2.24, 2.45) is 0 Å². The van der Waals surface area contributed by atoms with Gasteiger partial charge >= 0.3 is 0 Å². The van der Waals surface area contributed by atoms with E-state index >= 15 is 0 Å². The molecule has 6 heteroatoms. The topological polar surface area (TPSA) is 45.8 Å². The van der Waals surface area contributed by atoms with Gasteiger partial charge in [0, 0.05) is 9.35 Å². The molecule has 0 fully saturated rings. The van der Waals surface area contributed by atoms with Gasteiger partial charge in [0.1, 0.15) is 4.83 Å². The van der Waals surface area contributed by atoms with Crippen molar-refractivity contribution in [3.05, 3.63) is 60.9 Å². The monoisotopic (exact) mass is 406 g/mol. The van der Waals surface area contributed by atoms with Crippen molar-refractivity contribution in [2.75, 3.05) is 0 Å². The van der Waals surface area contributed by atoms with Crippen LogP contribution in [0.25, 0.3) is 21.3 Å². The van der Waals surface area contributed by atoms with Crippen LogP contribution in [0.1, 0.15) is 28.2 Å². The Bertz CT molecular complexity index is 988. The third-order valence-corrected chi connectivity index (χ3v) is 5.97. The van der Waals surface area contributed by atoms with E-state index in [-0.39, 0.29) is 5.56 Å². The highest BCUT2D eigenvalue weighted by Crippen LogP contribution is 2.35. The molecule has 0 amide bonds. The quantitative estimate of drug-likeness (QED) is 0.651. The van der Waals surface area contributed by atoms with Crippen LogP contribution in [0.2, 0.25) is 0 Å². The third kappa shape index (κ3) is 2.77. The lowest BCUT2D eigenvalue weighted by atomic mass is 10.2. The maximum Gasteiger partial charge on any atom is 0.260 e. The second-order valence-corrected chi connectivity index (χ2v) is 7.90. The number of aromatic amines is 1. The number of hydrogen-bond donors (Lipinski definition) is 1. The van der Waals surface area contributed by atoms with Gasteiger partial charge in [0.25, 0.3) is 5.56 Å². The summed E-state index contributed by atoms with van der Waals surface area (Å²) in [5, 5.41) is 1.18. The molecule has 0 saturated carbocycles. The van der Waals surface area contributed by atoms with Crippen molar-refractivity contribution in [1.29, 1.82) is 0 Å². The lowest BCUT2D eigenvalue weighted by Crippen LogP contribution is -2.10. The summed E-state index contributed by atoms with van der Waals surface area (Å²) in [6, 6.07) is 7.78. The zero-order chi connectivity index (χ0) is 16.0. The second-order valence-electron chi connectivity index (χ2n) is 5.50. The fourth-order valence-corrected chi connectivity index (χ4v) is 4.63. The van der Waals surface area contributed by atoms with Crippen molar-refractivity contribution in [3.8, 4) is 0 Å². The number of fused-ring (bicyclic) bond motifs is 3. The van der Waals surface area contributed by atoms with Crippen molar-refractivity contribution in [1.82, 2.24) is 9.97 Å². The lowest BCUT2D eigenvalue weighted by molar-refractivity contribution is 0.916. The van der Waals surface area contributed by atoms with Crippen LogP contribution in [0.4, 0.5) is 0 Å². The Balaban J connectivity index is 1.80. The Hall–Kier alpha value is -1.43. The Labute approximate surface area is 150 Å². The molecule has 0 bridgehead atoms. The highest BCUT2D eigenvalue weighted by Gasteiger charge is 2.21. The number of benzene rings is 1. The normalized spacial score (nSPS) is 14.4. The van der Waals surface area contributed by atoms with Crippen molar-refractivity contribution in [2.45, 2.75) is 19.3 Å². The van der Waals surface area contributed by atoms with E-state index in [0.717, 1.165) is 39.5 Å². The van der Waals surface area contributed by atoms with Gasteiger partial charge in [-0.25, -0.2) is 4.98 Å². The SMILES string of the molecule is O=c1[nH]c(/C(Cl)=C/c2ccc(Br)cc2)nc2sc3c(c12)CCC3. The molecule has 23 heavy (non-hydrogen) atoms. The standard InChI is InChI=1S/C17H12BrClN2OS/c18-10-6-4-9(5-7-10)8-12(19)15-20-16(22)14-11-2-1-3-13(11)23-17(14)21-15/h4-8H,1-3H2,(H,20,21,22)/b12-8-. The first kappa shape index (κ1) is 15.1. The minimum atomic E-state index is -0.0910. The number of nitrogens with one attached hydrogen (secondary N) is 1. The van der Waals surface area contributed by atoms with E-state index in [1.54, 1.807) is 17.4 Å². The molecule has 0 saturated heterocycles. The van der Waals surface area contributed by atoms with Crippen LogP contribution in [0.15, 0.2) is 33.5 Å². The predicted octanol–water partition coefficient (Wildman–Crippen LogP) is 4.97. The van der Waals surface area contributed by atoms with Crippen LogP contribution in [-0.2, 0) is 12.8 Å². The summed E-state index contributed by atoms with van der Waals surface area (Å²) < 4.78 is 1.01. The molecular weight excluding hydrogens is 396 g/mol. The molecule has 1 N–H and O–H groups in total. The van der Waals surface area contributed by atoms with Crippen LogP contribution in [0, 0.1) is 0 Å². The molecule has 0 aliphatic heterocycles. The minimum Gasteiger partial charge on any atom is -0.305 e. The largest absolute Gasteiger partial charge is 0.305 e. The number of aryl methyl sites for hydroxylation is 2. The summed E-state index contributed by atoms with van der Waals surface area (Å²) in [4.78, 5) is 21.9. The van der Waals surface area contributed by atoms with E-state index in [0.29, 0.717) is 10.9 Å². The number of aromatic nitrogens is 2. The zero-order valence-electron chi connectivity index (χ0n) is 12.0. The molecule has 1 aliphatic carbocycles. The number of thiophene rings is 1. The fourth-order valence-electron chi connectivity index (χ4n) is 2.89. The predicted molar refractivity (Wildman–Crippen MR) is 100 cm³/mol. The van der Waals surface area contributed by atoms with Gasteiger partial charge < -0.3 is 4.98 Å². The molecule has 0 atom stereocenters. The van der Waals surface area contributed by atoms with Gasteiger partial charge in [-0.2, -0.15) is 0 Å². The van der Waals surface area contributed by atoms with Gasteiger partial charge in [0.2, 0.25) is 0 Å². The average molecular weight is 408 g/mol. The van der Waals surface area contributed by atoms with Crippen LogP contribution < -0.4 is 5.56 Å². The van der Waals surface area contributed by atoms with Crippen LogP contribution >= 0.6 is 38.9 Å². The summed E-state index contributed by atoms with van der Waals surface area (Å²) in [5.41, 5.74) is 2.04. The number of hydrogen-bond acceptors (Lipinski definition) is 3. The molecule has 3 nitrogen and oxygen atoms in total. The van der Waals surface area contributed by atoms with Gasteiger partial charge in [-0.15, -0.1) is 11.3 Å². The van der Waals surface area contributed by atoms with Gasteiger partial charge in [-0.1, -0.05) is 39.7 Å². The molecule has 0 radical (unpaired) electrons. The van der Waals surface area contributed by atoms with Crippen LogP contribution in [0.5, 0.6) is 0 Å². The van der Waals surface area contributed by atoms with E-state index in [4.69, 9.17) is 11.6 Å². The molecule has 3 aromatic rings. The first-order valence-electron chi connectivity index (χ1n) is 7.29. The van der Waals surface area contributed by atoms with Crippen LogP contribution in [-0.4, -0.2) is 9.97 Å². The van der Waals surface area contributed by atoms with Crippen LogP contribution in [0.3, 0.4) is 0 Å². The Morgan fingerprint density at radius 2 is 2.09 bits per heavy atom. The van der Waals surface area contributed by atoms with Gasteiger partial charge in [-0.3, -0.25) is 4.79 Å². The van der Waals surface area contributed by atoms with Gasteiger partial charge in [-0.05, 0) is 48.6 Å². The molecule has 2 heterocycles. The smallest absolute Gasteiger partial charge is 0.260 e. The molecule has 0 unspecified atom stereocenters. The highest BCUT2D eigenvalue weighted by atomic mass is 79.9. The van der Waals surface area contributed by atoms with Gasteiger partial charge in [0.05, 0.1) is 10.4 Å². The fraction of sp³-hybridized carbons (Fsp3) is 0.176. The third-order valence-electron chi connectivity index (χ3n) is 3.96. The molecule has 116 valence electrons. The maximum absolute atomic E-state index is 12.4. The summed E-state index contributed by atoms with van der Waals surface area (Å²) >= 11 is 11.4. The molecule has 1 aliphatic rings. The summed E-state index contributed by atoms with van der Waals surface area (Å²) in [6.07, 6.45) is 4.96. The second kappa shape index (κ2) is 5.89. The van der Waals surface area contributed by atoms with E-state index in [1.165, 1.54) is 10.4 Å². The van der Waals surface area contributed by atoms with E-state index in [1.807, 2.05) is 24.3 Å². The molecule has 0 spiro atoms. The first-order chi connectivity index (χ1) is 11.1. The zero-order valence-corrected chi connectivity index (χ0v) is 15.2. The average Bonchev–Trinajstić information content (AvgIpc) is 3.09. The lowest BCUT2D eigenvalue weighted by Gasteiger charge is -2.01. The number of H-pyrrole nitrogens is 1. The summed E-state index contributed by atoms with van der Waals surface area (Å²) in [5.74, 6) is 0.423. The number of rotatable bonds is 2. The first-order valence-corrected chi connectivity index (χ1v) is 9.28. The Kier molecular flexibility index (Phi) is 3.87. The Morgan fingerprint density at radius 3 is 2.87 bits per heavy atom. The summed E-state index contributed by atoms with van der Waals surface area (Å²) in [6.45, 7) is 0. The minimum absolute atomic E-state index is 0.0910. The van der Waals surface area contributed by atoms with Crippen molar-refractivity contribution >= 4 is 60.2 Å². The molecule has 1 aromatic carbocycles. The highest BCUT2D eigenvalue weighted by molar-refractivity contribution is 9.10. The molecular formula is C17H12BrClN2OS. The number of halogens is 2. The van der Waals surface area contributed by atoms with Gasteiger partial charge in [0.15, 0.2) is 5.82 Å². The van der Waals surface area contributed by atoms with E-state index in [9.17, 15) is 4.79 Å². The van der Waals surface area contributed by atoms with Crippen molar-refractivity contribution < 1.29 is 0 Å². The van der Waals surface area contributed by atoms with E-state index < -0.39 is 0 Å². The number of nitrogens with zero attached hydrogens (tertiary/aromatic N) is 1. The van der Waals surface area contributed by atoms with E-state index in [2.05, 4.69) is 25.9 Å². The van der Waals surface area contributed by atoms with Crippen molar-refractivity contribution in [3.63, 3.8) is 0 Å². The summed E-state index contributed by atoms with van der Waals surface area (Å²) in [7, 11) is 0. The Morgan fingerprint density at radius 1 is 1.30 bits per heavy atom. The maximum atomic E-state index is 12.4. The molecule has 2 aromatic heterocycles.